The molecule has 0 aliphatic carbocycles. The van der Waals surface area contributed by atoms with Gasteiger partial charge >= 0.3 is 0 Å². The minimum Gasteiger partial charge on any atom is -0.377 e. The van der Waals surface area contributed by atoms with Gasteiger partial charge in [0, 0.05) is 45.8 Å². The van der Waals surface area contributed by atoms with E-state index in [0.717, 1.165) is 51.5 Å². The molecule has 6 nitrogen and oxygen atoms in total. The number of carbonyl (C=O) groups excluding carboxylic acids is 1. The van der Waals surface area contributed by atoms with Gasteiger partial charge in [0.2, 0.25) is 5.91 Å². The Kier molecular flexibility index (Phi) is 8.96. The van der Waals surface area contributed by atoms with Gasteiger partial charge in [-0.05, 0) is 24.8 Å². The summed E-state index contributed by atoms with van der Waals surface area (Å²) in [5.41, 5.74) is 1.21. The summed E-state index contributed by atoms with van der Waals surface area (Å²) < 4.78 is 5.69. The van der Waals surface area contributed by atoms with E-state index in [-0.39, 0.29) is 11.9 Å². The monoisotopic (exact) mass is 360 g/mol. The second-order valence-electron chi connectivity index (χ2n) is 6.57. The van der Waals surface area contributed by atoms with Gasteiger partial charge < -0.3 is 20.3 Å². The molecule has 1 aliphatic heterocycles. The van der Waals surface area contributed by atoms with Gasteiger partial charge in [0.1, 0.15) is 0 Å². The molecule has 0 spiro atoms. The van der Waals surface area contributed by atoms with Crippen molar-refractivity contribution in [3.63, 3.8) is 0 Å². The van der Waals surface area contributed by atoms with E-state index in [1.807, 2.05) is 30.0 Å². The first-order valence-electron chi connectivity index (χ1n) is 9.59. The SMILES string of the molecule is CCC(=O)N1CCC(NC(=NC)NCCCCOCc2ccccc2)C1. The summed E-state index contributed by atoms with van der Waals surface area (Å²) in [6, 6.07) is 10.5. The van der Waals surface area contributed by atoms with E-state index in [9.17, 15) is 4.79 Å². The highest BCUT2D eigenvalue weighted by Crippen LogP contribution is 2.10. The first-order valence-corrected chi connectivity index (χ1v) is 9.59. The number of hydrogen-bond donors (Lipinski definition) is 2. The third kappa shape index (κ3) is 7.04. The van der Waals surface area contributed by atoms with Crippen LogP contribution in [0.4, 0.5) is 0 Å². The fourth-order valence-electron chi connectivity index (χ4n) is 3.02. The number of nitrogens with one attached hydrogen (secondary N) is 2. The lowest BCUT2D eigenvalue weighted by molar-refractivity contribution is -0.129. The molecule has 6 heteroatoms. The van der Waals surface area contributed by atoms with E-state index in [1.165, 1.54) is 5.56 Å². The summed E-state index contributed by atoms with van der Waals surface area (Å²) >= 11 is 0. The van der Waals surface area contributed by atoms with Gasteiger partial charge in [0.25, 0.3) is 0 Å². The minimum absolute atomic E-state index is 0.229. The Morgan fingerprint density at radius 2 is 2.12 bits per heavy atom. The van der Waals surface area contributed by atoms with Crippen LogP contribution in [0.3, 0.4) is 0 Å². The van der Waals surface area contributed by atoms with Gasteiger partial charge in [-0.1, -0.05) is 37.3 Å². The number of guanidine groups is 1. The van der Waals surface area contributed by atoms with Crippen molar-refractivity contribution in [1.82, 2.24) is 15.5 Å². The number of likely N-dealkylation sites (tertiary alicyclic amines) is 1. The molecule has 2 rings (SSSR count). The fraction of sp³-hybridized carbons (Fsp3) is 0.600. The number of benzene rings is 1. The quantitative estimate of drug-likeness (QED) is 0.402. The molecule has 144 valence electrons. The van der Waals surface area contributed by atoms with E-state index < -0.39 is 0 Å². The average molecular weight is 361 g/mol. The Morgan fingerprint density at radius 1 is 1.31 bits per heavy atom. The molecule has 1 aliphatic rings. The number of aliphatic imine (C=N–C) groups is 1. The zero-order valence-electron chi connectivity index (χ0n) is 16.0. The third-order valence-electron chi connectivity index (χ3n) is 4.53. The van der Waals surface area contributed by atoms with Crippen molar-refractivity contribution in [2.45, 2.75) is 45.3 Å². The maximum Gasteiger partial charge on any atom is 0.222 e. The normalized spacial score (nSPS) is 17.4. The van der Waals surface area contributed by atoms with Crippen LogP contribution in [0.2, 0.25) is 0 Å². The van der Waals surface area contributed by atoms with Crippen molar-refractivity contribution >= 4 is 11.9 Å². The van der Waals surface area contributed by atoms with E-state index in [1.54, 1.807) is 7.05 Å². The molecule has 0 saturated carbocycles. The van der Waals surface area contributed by atoms with Crippen LogP contribution in [0.1, 0.15) is 38.2 Å². The minimum atomic E-state index is 0.229. The van der Waals surface area contributed by atoms with Crippen LogP contribution in [0, 0.1) is 0 Å². The predicted octanol–water partition coefficient (Wildman–Crippen LogP) is 2.16. The predicted molar refractivity (Wildman–Crippen MR) is 105 cm³/mol. The van der Waals surface area contributed by atoms with Crippen LogP contribution in [0.15, 0.2) is 35.3 Å². The van der Waals surface area contributed by atoms with Gasteiger partial charge in [-0.25, -0.2) is 0 Å². The van der Waals surface area contributed by atoms with Gasteiger partial charge in [-0.15, -0.1) is 0 Å². The number of unbranched alkanes of at least 4 members (excludes halogenated alkanes) is 1. The summed E-state index contributed by atoms with van der Waals surface area (Å²) in [5, 5.41) is 6.75. The molecule has 1 aromatic carbocycles. The van der Waals surface area contributed by atoms with Crippen molar-refractivity contribution in [1.29, 1.82) is 0 Å². The van der Waals surface area contributed by atoms with Crippen LogP contribution in [0.5, 0.6) is 0 Å². The van der Waals surface area contributed by atoms with Gasteiger partial charge in [0.05, 0.1) is 6.61 Å². The standard InChI is InChI=1S/C20H32N4O2/c1-3-19(25)24-13-11-18(15-24)23-20(21-2)22-12-7-8-14-26-16-17-9-5-4-6-10-17/h4-6,9-10,18H,3,7-8,11-16H2,1-2H3,(H2,21,22,23). The Balaban J connectivity index is 1.53. The summed E-state index contributed by atoms with van der Waals surface area (Å²) in [4.78, 5) is 17.9. The Bertz CT molecular complexity index is 562. The topological polar surface area (TPSA) is 66.0 Å². The molecule has 1 aromatic rings. The lowest BCUT2D eigenvalue weighted by Crippen LogP contribution is -2.45. The number of ether oxygens (including phenoxy) is 1. The largest absolute Gasteiger partial charge is 0.377 e. The van der Waals surface area contributed by atoms with Crippen LogP contribution < -0.4 is 10.6 Å². The Labute approximate surface area is 157 Å². The molecule has 1 atom stereocenters. The molecule has 0 aromatic heterocycles. The van der Waals surface area contributed by atoms with Crippen molar-refractivity contribution in [3.8, 4) is 0 Å². The van der Waals surface area contributed by atoms with Gasteiger partial charge in [0.15, 0.2) is 5.96 Å². The van der Waals surface area contributed by atoms with Crippen LogP contribution >= 0.6 is 0 Å². The molecule has 0 radical (unpaired) electrons. The third-order valence-corrected chi connectivity index (χ3v) is 4.53. The Hall–Kier alpha value is -2.08. The van der Waals surface area contributed by atoms with Crippen LogP contribution in [0.25, 0.3) is 0 Å². The van der Waals surface area contributed by atoms with E-state index in [4.69, 9.17) is 4.74 Å². The lowest BCUT2D eigenvalue weighted by atomic mass is 10.2. The maximum atomic E-state index is 11.7. The highest BCUT2D eigenvalue weighted by atomic mass is 16.5. The Morgan fingerprint density at radius 3 is 2.85 bits per heavy atom. The summed E-state index contributed by atoms with van der Waals surface area (Å²) in [6.07, 6.45) is 3.59. The number of hydrogen-bond acceptors (Lipinski definition) is 3. The summed E-state index contributed by atoms with van der Waals surface area (Å²) in [6.45, 7) is 5.80. The zero-order chi connectivity index (χ0) is 18.6. The molecule has 1 saturated heterocycles. The number of rotatable bonds is 9. The average Bonchev–Trinajstić information content (AvgIpc) is 3.15. The first-order chi connectivity index (χ1) is 12.7. The first kappa shape index (κ1) is 20.2. The lowest BCUT2D eigenvalue weighted by Gasteiger charge is -2.18. The van der Waals surface area contributed by atoms with Crippen molar-refractivity contribution in [3.05, 3.63) is 35.9 Å². The number of nitrogens with zero attached hydrogens (tertiary/aromatic N) is 2. The van der Waals surface area contributed by atoms with Gasteiger partial charge in [-0.2, -0.15) is 0 Å². The highest BCUT2D eigenvalue weighted by Gasteiger charge is 2.25. The maximum absolute atomic E-state index is 11.7. The smallest absolute Gasteiger partial charge is 0.222 e. The molecule has 2 N–H and O–H groups in total. The molecular formula is C20H32N4O2. The van der Waals surface area contributed by atoms with Crippen molar-refractivity contribution in [2.75, 3.05) is 33.3 Å². The van der Waals surface area contributed by atoms with Crippen LogP contribution in [-0.2, 0) is 16.1 Å². The highest BCUT2D eigenvalue weighted by molar-refractivity contribution is 5.80. The molecule has 1 unspecified atom stereocenters. The van der Waals surface area contributed by atoms with Crippen molar-refractivity contribution in [2.24, 2.45) is 4.99 Å². The summed E-state index contributed by atoms with van der Waals surface area (Å²) in [5.74, 6) is 1.04. The fourth-order valence-corrected chi connectivity index (χ4v) is 3.02. The zero-order valence-corrected chi connectivity index (χ0v) is 16.0. The van der Waals surface area contributed by atoms with Gasteiger partial charge in [-0.3, -0.25) is 9.79 Å². The number of carbonyl (C=O) groups is 1. The van der Waals surface area contributed by atoms with Crippen molar-refractivity contribution < 1.29 is 9.53 Å². The van der Waals surface area contributed by atoms with Crippen LogP contribution in [-0.4, -0.2) is 56.1 Å². The molecule has 1 amide bonds. The molecule has 0 bridgehead atoms. The van der Waals surface area contributed by atoms with E-state index >= 15 is 0 Å². The molecular weight excluding hydrogens is 328 g/mol. The number of amides is 1. The molecule has 1 fully saturated rings. The van der Waals surface area contributed by atoms with E-state index in [0.29, 0.717) is 13.0 Å². The second-order valence-corrected chi connectivity index (χ2v) is 6.57. The molecule has 26 heavy (non-hydrogen) atoms. The summed E-state index contributed by atoms with van der Waals surface area (Å²) in [7, 11) is 1.78. The van der Waals surface area contributed by atoms with E-state index in [2.05, 4.69) is 27.8 Å². The molecule has 1 heterocycles. The second kappa shape index (κ2) is 11.5.